The van der Waals surface area contributed by atoms with E-state index in [1.165, 1.54) is 0 Å². The molecule has 1 amide bonds. The molecular weight excluding hydrogens is 218 g/mol. The van der Waals surface area contributed by atoms with E-state index in [2.05, 4.69) is 13.8 Å². The lowest BCUT2D eigenvalue weighted by Crippen LogP contribution is -2.44. The molecule has 17 heavy (non-hydrogen) atoms. The van der Waals surface area contributed by atoms with Crippen molar-refractivity contribution in [3.8, 4) is 0 Å². The standard InChI is InChI=1S/C13H27NO3/c1-6-11(7-2)14(8-9-15)12(16)10-17-13(3,4)5/h11,15H,6-10H2,1-5H3. The zero-order valence-electron chi connectivity index (χ0n) is 11.8. The van der Waals surface area contributed by atoms with Crippen LogP contribution in [0.15, 0.2) is 0 Å². The fourth-order valence-electron chi connectivity index (χ4n) is 1.71. The van der Waals surface area contributed by atoms with Crippen molar-refractivity contribution in [2.45, 2.75) is 59.1 Å². The minimum Gasteiger partial charge on any atom is -0.395 e. The van der Waals surface area contributed by atoms with Gasteiger partial charge >= 0.3 is 0 Å². The van der Waals surface area contributed by atoms with Gasteiger partial charge in [-0.15, -0.1) is 0 Å². The van der Waals surface area contributed by atoms with Crippen molar-refractivity contribution in [3.05, 3.63) is 0 Å². The van der Waals surface area contributed by atoms with E-state index < -0.39 is 0 Å². The molecule has 0 rings (SSSR count). The predicted octanol–water partition coefficient (Wildman–Crippen LogP) is 1.81. The quantitative estimate of drug-likeness (QED) is 0.744. The van der Waals surface area contributed by atoms with Gasteiger partial charge < -0.3 is 14.7 Å². The Bertz CT molecular complexity index is 219. The molecule has 0 aromatic carbocycles. The molecule has 0 unspecified atom stereocenters. The molecule has 0 spiro atoms. The Morgan fingerprint density at radius 2 is 1.82 bits per heavy atom. The van der Waals surface area contributed by atoms with E-state index in [1.807, 2.05) is 20.8 Å². The summed E-state index contributed by atoms with van der Waals surface area (Å²) in [5, 5.41) is 9.02. The van der Waals surface area contributed by atoms with Crippen LogP contribution in [0.3, 0.4) is 0 Å². The number of amides is 1. The summed E-state index contributed by atoms with van der Waals surface area (Å²) in [4.78, 5) is 13.8. The molecule has 0 saturated carbocycles. The van der Waals surface area contributed by atoms with Crippen molar-refractivity contribution >= 4 is 5.91 Å². The van der Waals surface area contributed by atoms with Crippen molar-refractivity contribution < 1.29 is 14.6 Å². The Balaban J connectivity index is 4.43. The van der Waals surface area contributed by atoms with E-state index in [1.54, 1.807) is 4.90 Å². The Hall–Kier alpha value is -0.610. The largest absolute Gasteiger partial charge is 0.395 e. The van der Waals surface area contributed by atoms with Gasteiger partial charge in [0.05, 0.1) is 12.2 Å². The maximum atomic E-state index is 12.0. The Morgan fingerprint density at radius 1 is 1.29 bits per heavy atom. The maximum Gasteiger partial charge on any atom is 0.248 e. The van der Waals surface area contributed by atoms with Gasteiger partial charge in [0, 0.05) is 12.6 Å². The van der Waals surface area contributed by atoms with Gasteiger partial charge in [0.1, 0.15) is 6.61 Å². The monoisotopic (exact) mass is 245 g/mol. The summed E-state index contributed by atoms with van der Waals surface area (Å²) in [5.74, 6) is -0.0392. The number of carbonyl (C=O) groups excluding carboxylic acids is 1. The first-order valence-electron chi connectivity index (χ1n) is 6.40. The summed E-state index contributed by atoms with van der Waals surface area (Å²) >= 11 is 0. The molecular formula is C13H27NO3. The average molecular weight is 245 g/mol. The van der Waals surface area contributed by atoms with Crippen LogP contribution < -0.4 is 0 Å². The average Bonchev–Trinajstić information content (AvgIpc) is 2.25. The molecule has 0 aliphatic carbocycles. The van der Waals surface area contributed by atoms with Gasteiger partial charge in [-0.2, -0.15) is 0 Å². The molecule has 0 atom stereocenters. The van der Waals surface area contributed by atoms with Gasteiger partial charge in [-0.1, -0.05) is 13.8 Å². The van der Waals surface area contributed by atoms with Crippen LogP contribution in [-0.4, -0.2) is 47.3 Å². The Kier molecular flexibility index (Phi) is 7.39. The summed E-state index contributed by atoms with van der Waals surface area (Å²) in [6, 6.07) is 0.193. The van der Waals surface area contributed by atoms with Crippen LogP contribution in [0, 0.1) is 0 Å². The minimum atomic E-state index is -0.311. The molecule has 0 fully saturated rings. The number of aliphatic hydroxyl groups excluding tert-OH is 1. The Labute approximate surface area is 105 Å². The molecule has 4 nitrogen and oxygen atoms in total. The van der Waals surface area contributed by atoms with Crippen LogP contribution in [0.1, 0.15) is 47.5 Å². The van der Waals surface area contributed by atoms with E-state index in [0.717, 1.165) is 12.8 Å². The molecule has 102 valence electrons. The fraction of sp³-hybridized carbons (Fsp3) is 0.923. The minimum absolute atomic E-state index is 0.00222. The zero-order valence-corrected chi connectivity index (χ0v) is 11.8. The van der Waals surface area contributed by atoms with Crippen LogP contribution in [0.25, 0.3) is 0 Å². The lowest BCUT2D eigenvalue weighted by molar-refractivity contribution is -0.144. The highest BCUT2D eigenvalue weighted by Gasteiger charge is 2.22. The van der Waals surface area contributed by atoms with E-state index in [0.29, 0.717) is 6.54 Å². The molecule has 0 radical (unpaired) electrons. The molecule has 0 bridgehead atoms. The second kappa shape index (κ2) is 7.67. The fourth-order valence-corrected chi connectivity index (χ4v) is 1.71. The molecule has 1 N–H and O–H groups in total. The second-order valence-corrected chi connectivity index (χ2v) is 5.18. The molecule has 4 heteroatoms. The summed E-state index contributed by atoms with van der Waals surface area (Å²) in [7, 11) is 0. The third-order valence-electron chi connectivity index (χ3n) is 2.67. The normalized spacial score (nSPS) is 11.9. The van der Waals surface area contributed by atoms with Gasteiger partial charge in [-0.05, 0) is 33.6 Å². The summed E-state index contributed by atoms with van der Waals surface area (Å²) in [6.45, 7) is 10.3. The predicted molar refractivity (Wildman–Crippen MR) is 68.9 cm³/mol. The van der Waals surface area contributed by atoms with Crippen molar-refractivity contribution in [2.75, 3.05) is 19.8 Å². The zero-order chi connectivity index (χ0) is 13.5. The molecule has 0 aromatic rings. The van der Waals surface area contributed by atoms with E-state index >= 15 is 0 Å². The smallest absolute Gasteiger partial charge is 0.248 e. The third kappa shape index (κ3) is 6.64. The summed E-state index contributed by atoms with van der Waals surface area (Å²) in [6.07, 6.45) is 1.80. The van der Waals surface area contributed by atoms with Gasteiger partial charge in [0.15, 0.2) is 0 Å². The number of ether oxygens (including phenoxy) is 1. The first kappa shape index (κ1) is 16.4. The van der Waals surface area contributed by atoms with E-state index in [4.69, 9.17) is 9.84 Å². The SMILES string of the molecule is CCC(CC)N(CCO)C(=O)COC(C)(C)C. The molecule has 0 aliphatic rings. The van der Waals surface area contributed by atoms with Gasteiger partial charge in [0.25, 0.3) is 0 Å². The van der Waals surface area contributed by atoms with Crippen molar-refractivity contribution in [1.29, 1.82) is 0 Å². The van der Waals surface area contributed by atoms with Crippen LogP contribution in [0.5, 0.6) is 0 Å². The summed E-state index contributed by atoms with van der Waals surface area (Å²) < 4.78 is 5.48. The molecule has 0 aliphatic heterocycles. The third-order valence-corrected chi connectivity index (χ3v) is 2.67. The van der Waals surface area contributed by atoms with Crippen LogP contribution in [0.4, 0.5) is 0 Å². The Morgan fingerprint density at radius 3 is 2.18 bits per heavy atom. The van der Waals surface area contributed by atoms with Gasteiger partial charge in [-0.3, -0.25) is 4.79 Å². The highest BCUT2D eigenvalue weighted by molar-refractivity contribution is 5.77. The second-order valence-electron chi connectivity index (χ2n) is 5.18. The number of aliphatic hydroxyl groups is 1. The number of hydrogen-bond acceptors (Lipinski definition) is 3. The van der Waals surface area contributed by atoms with E-state index in [-0.39, 0.29) is 30.8 Å². The lowest BCUT2D eigenvalue weighted by Gasteiger charge is -2.31. The van der Waals surface area contributed by atoms with Crippen molar-refractivity contribution in [2.24, 2.45) is 0 Å². The van der Waals surface area contributed by atoms with E-state index in [9.17, 15) is 4.79 Å². The number of carbonyl (C=O) groups is 1. The topological polar surface area (TPSA) is 49.8 Å². The number of rotatable bonds is 7. The highest BCUT2D eigenvalue weighted by atomic mass is 16.5. The van der Waals surface area contributed by atoms with Crippen molar-refractivity contribution in [3.63, 3.8) is 0 Å². The summed E-state index contributed by atoms with van der Waals surface area (Å²) in [5.41, 5.74) is -0.311. The number of hydrogen-bond donors (Lipinski definition) is 1. The van der Waals surface area contributed by atoms with Crippen molar-refractivity contribution in [1.82, 2.24) is 4.90 Å². The van der Waals surface area contributed by atoms with Gasteiger partial charge in [0.2, 0.25) is 5.91 Å². The molecule has 0 aromatic heterocycles. The van der Waals surface area contributed by atoms with Crippen LogP contribution in [-0.2, 0) is 9.53 Å². The van der Waals surface area contributed by atoms with Crippen LogP contribution >= 0.6 is 0 Å². The van der Waals surface area contributed by atoms with Gasteiger partial charge in [-0.25, -0.2) is 0 Å². The van der Waals surface area contributed by atoms with Crippen LogP contribution in [0.2, 0.25) is 0 Å². The first-order chi connectivity index (χ1) is 7.85. The maximum absolute atomic E-state index is 12.0. The number of nitrogens with zero attached hydrogens (tertiary/aromatic N) is 1. The molecule has 0 saturated heterocycles. The first-order valence-corrected chi connectivity index (χ1v) is 6.40. The highest BCUT2D eigenvalue weighted by Crippen LogP contribution is 2.11. The lowest BCUT2D eigenvalue weighted by atomic mass is 10.1. The molecule has 0 heterocycles.